The molecule has 226 valence electrons. The fourth-order valence-corrected chi connectivity index (χ4v) is 5.52. The Bertz CT molecular complexity index is 1490. The average Bonchev–Trinajstić information content (AvgIpc) is 2.86. The normalized spacial score (nSPS) is 19.5. The van der Waals surface area contributed by atoms with Crippen molar-refractivity contribution in [3.63, 3.8) is 0 Å². The zero-order valence-electron chi connectivity index (χ0n) is 21.4. The number of aromatic nitrogens is 1. The lowest BCUT2D eigenvalue weighted by atomic mass is 9.77. The zero-order valence-corrected chi connectivity index (χ0v) is 23.0. The number of rotatable bonds is 4. The first kappa shape index (κ1) is 31.6. The molecule has 1 aliphatic rings. The molecule has 1 aromatic heterocycles. The second kappa shape index (κ2) is 10.7. The zero-order chi connectivity index (χ0) is 31.4. The molecule has 15 heteroatoms. The molecule has 2 aromatic carbocycles. The molecular weight excluding hydrogens is 649 g/mol. The van der Waals surface area contributed by atoms with Gasteiger partial charge in [0.25, 0.3) is 0 Å². The molecule has 0 unspecified atom stereocenters. The van der Waals surface area contributed by atoms with Crippen molar-refractivity contribution in [2.24, 2.45) is 5.73 Å². The predicted molar refractivity (Wildman–Crippen MR) is 137 cm³/mol. The summed E-state index contributed by atoms with van der Waals surface area (Å²) < 4.78 is 122. The van der Waals surface area contributed by atoms with E-state index in [9.17, 15) is 49.4 Å². The molecule has 2 atom stereocenters. The van der Waals surface area contributed by atoms with Gasteiger partial charge in [0, 0.05) is 16.6 Å². The highest BCUT2D eigenvalue weighted by Gasteiger charge is 2.47. The number of benzene rings is 2. The minimum absolute atomic E-state index is 0.00979. The Labute approximate surface area is 241 Å². The number of carboxylic acid groups (broad SMARTS) is 1. The molecule has 1 amide bonds. The van der Waals surface area contributed by atoms with E-state index in [4.69, 9.17) is 5.73 Å². The highest BCUT2D eigenvalue weighted by Crippen LogP contribution is 2.48. The first-order valence-corrected chi connectivity index (χ1v) is 13.0. The highest BCUT2D eigenvalue weighted by atomic mass is 79.9. The van der Waals surface area contributed by atoms with Crippen LogP contribution in [0.4, 0.5) is 50.0 Å². The van der Waals surface area contributed by atoms with Gasteiger partial charge in [-0.1, -0.05) is 6.92 Å². The molecule has 0 fully saturated rings. The van der Waals surface area contributed by atoms with Gasteiger partial charge in [0.2, 0.25) is 0 Å². The van der Waals surface area contributed by atoms with Gasteiger partial charge >= 0.3 is 24.6 Å². The van der Waals surface area contributed by atoms with Gasteiger partial charge in [0.1, 0.15) is 5.66 Å². The van der Waals surface area contributed by atoms with E-state index in [1.165, 1.54) is 12.3 Å². The summed E-state index contributed by atoms with van der Waals surface area (Å²) in [6, 6.07) is 4.91. The summed E-state index contributed by atoms with van der Waals surface area (Å²) in [6.07, 6.45) is -16.0. The Kier molecular flexibility index (Phi) is 8.08. The number of fused-ring (bicyclic) bond motifs is 1. The molecule has 0 saturated heterocycles. The van der Waals surface area contributed by atoms with Crippen LogP contribution in [0.15, 0.2) is 53.1 Å². The van der Waals surface area contributed by atoms with Gasteiger partial charge in [0.15, 0.2) is 0 Å². The molecule has 2 heterocycles. The van der Waals surface area contributed by atoms with Crippen molar-refractivity contribution in [2.75, 3.05) is 4.90 Å². The quantitative estimate of drug-likeness (QED) is 0.273. The van der Waals surface area contributed by atoms with Crippen LogP contribution in [-0.2, 0) is 24.9 Å². The van der Waals surface area contributed by atoms with Crippen LogP contribution in [0.1, 0.15) is 64.8 Å². The van der Waals surface area contributed by atoms with Crippen molar-refractivity contribution in [1.29, 1.82) is 0 Å². The summed E-state index contributed by atoms with van der Waals surface area (Å²) in [5.74, 6) is -1.10. The fourth-order valence-electron chi connectivity index (χ4n) is 5.14. The smallest absolute Gasteiger partial charge is 0.416 e. The van der Waals surface area contributed by atoms with Gasteiger partial charge in [0.05, 0.1) is 28.1 Å². The molecule has 4 rings (SSSR count). The van der Waals surface area contributed by atoms with Gasteiger partial charge in [-0.15, -0.1) is 0 Å². The summed E-state index contributed by atoms with van der Waals surface area (Å²) >= 11 is 3.18. The Morgan fingerprint density at radius 2 is 1.55 bits per heavy atom. The maximum absolute atomic E-state index is 13.7. The summed E-state index contributed by atoms with van der Waals surface area (Å²) in [5.41, 5.74) is 0.186. The number of amides is 1. The van der Waals surface area contributed by atoms with E-state index in [1.807, 2.05) is 0 Å². The Balaban J connectivity index is 1.94. The van der Waals surface area contributed by atoms with Crippen LogP contribution in [0.2, 0.25) is 0 Å². The number of nitrogens with two attached hydrogens (primary N) is 1. The van der Waals surface area contributed by atoms with Crippen molar-refractivity contribution < 1.29 is 49.4 Å². The van der Waals surface area contributed by atoms with Crippen molar-refractivity contribution in [3.05, 3.63) is 92.2 Å². The van der Waals surface area contributed by atoms with E-state index in [2.05, 4.69) is 20.9 Å². The third kappa shape index (κ3) is 6.21. The van der Waals surface area contributed by atoms with E-state index >= 15 is 0 Å². The van der Waals surface area contributed by atoms with E-state index in [-0.39, 0.29) is 47.0 Å². The van der Waals surface area contributed by atoms with Crippen molar-refractivity contribution in [3.8, 4) is 0 Å². The van der Waals surface area contributed by atoms with Crippen LogP contribution < -0.4 is 10.6 Å². The lowest BCUT2D eigenvalue weighted by Crippen LogP contribution is -2.61. The van der Waals surface area contributed by atoms with Gasteiger partial charge in [-0.05, 0) is 94.3 Å². The lowest BCUT2D eigenvalue weighted by molar-refractivity contribution is -0.143. The molecule has 0 radical (unpaired) electrons. The van der Waals surface area contributed by atoms with E-state index in [0.717, 1.165) is 17.0 Å². The van der Waals surface area contributed by atoms with Crippen LogP contribution in [-0.4, -0.2) is 21.8 Å². The number of alkyl halides is 9. The molecule has 1 aliphatic heterocycles. The topological polar surface area (TPSA) is 79.5 Å². The maximum atomic E-state index is 13.7. The molecule has 3 N–H and O–H groups in total. The van der Waals surface area contributed by atoms with Gasteiger partial charge in [-0.25, -0.2) is 4.79 Å². The molecular formula is C27H21BrF9N3O2. The van der Waals surface area contributed by atoms with Crippen molar-refractivity contribution >= 4 is 27.7 Å². The van der Waals surface area contributed by atoms with Crippen LogP contribution >= 0.6 is 15.9 Å². The Morgan fingerprint density at radius 1 is 0.976 bits per heavy atom. The first-order chi connectivity index (χ1) is 19.2. The standard InChI is InChI=1S/C27H21BrF9N3O2/c1-2-24(38)11-20(19-10-15(25(29,30)31)3-4-21(19)40(24)23(41)42)22-14(8-18(28)12-39-22)5-13-6-16(26(32,33)34)9-17(7-13)27(35,36)37/h3-4,6-10,12,20H,2,5,11,38H2,1H3,(H,41,42)/t20-,24+/m0/s1. The third-order valence-corrected chi connectivity index (χ3v) is 7.55. The molecule has 0 spiro atoms. The number of pyridine rings is 1. The van der Waals surface area contributed by atoms with E-state index in [0.29, 0.717) is 22.7 Å². The first-order valence-electron chi connectivity index (χ1n) is 12.2. The van der Waals surface area contributed by atoms with E-state index in [1.54, 1.807) is 6.92 Å². The number of hydrogen-bond donors (Lipinski definition) is 2. The molecule has 42 heavy (non-hydrogen) atoms. The van der Waals surface area contributed by atoms with Gasteiger partial charge in [-0.2, -0.15) is 39.5 Å². The summed E-state index contributed by atoms with van der Waals surface area (Å²) in [5, 5.41) is 9.93. The van der Waals surface area contributed by atoms with E-state index < -0.39 is 59.3 Å². The van der Waals surface area contributed by atoms with Gasteiger partial charge in [-0.3, -0.25) is 9.88 Å². The molecule has 5 nitrogen and oxygen atoms in total. The number of anilines is 1. The van der Waals surface area contributed by atoms with Crippen LogP contribution in [0, 0.1) is 0 Å². The van der Waals surface area contributed by atoms with Crippen LogP contribution in [0.25, 0.3) is 0 Å². The molecule has 0 aliphatic carbocycles. The Morgan fingerprint density at radius 3 is 2.05 bits per heavy atom. The van der Waals surface area contributed by atoms with Crippen molar-refractivity contribution in [2.45, 2.75) is 56.3 Å². The van der Waals surface area contributed by atoms with Crippen LogP contribution in [0.5, 0.6) is 0 Å². The number of nitrogens with zero attached hydrogens (tertiary/aromatic N) is 2. The molecule has 0 saturated carbocycles. The van der Waals surface area contributed by atoms with Gasteiger partial charge < -0.3 is 10.8 Å². The number of hydrogen-bond acceptors (Lipinski definition) is 3. The summed E-state index contributed by atoms with van der Waals surface area (Å²) in [7, 11) is 0. The minimum atomic E-state index is -5.09. The third-order valence-electron chi connectivity index (χ3n) is 7.12. The number of halogens is 10. The Hall–Kier alpha value is -3.33. The summed E-state index contributed by atoms with van der Waals surface area (Å²) in [4.78, 5) is 17.3. The van der Waals surface area contributed by atoms with Crippen LogP contribution in [0.3, 0.4) is 0 Å². The highest BCUT2D eigenvalue weighted by molar-refractivity contribution is 9.10. The number of carbonyl (C=O) groups is 1. The monoisotopic (exact) mass is 669 g/mol. The second-order valence-corrected chi connectivity index (χ2v) is 10.8. The summed E-state index contributed by atoms with van der Waals surface area (Å²) in [6.45, 7) is 1.57. The lowest BCUT2D eigenvalue weighted by Gasteiger charge is -2.46. The SMILES string of the molecule is CC[C@]1(N)C[C@H](c2ncc(Br)cc2Cc2cc(C(F)(F)F)cc(C(F)(F)F)c2)c2cc(C(F)(F)F)ccc2N1C(=O)O. The second-order valence-electron chi connectivity index (χ2n) is 9.89. The molecule has 3 aromatic rings. The minimum Gasteiger partial charge on any atom is -0.465 e. The average molecular weight is 670 g/mol. The van der Waals surface area contributed by atoms with Crippen molar-refractivity contribution in [1.82, 2.24) is 4.98 Å². The fraction of sp³-hybridized carbons (Fsp3) is 0.333. The predicted octanol–water partition coefficient (Wildman–Crippen LogP) is 8.58. The molecule has 0 bridgehead atoms. The largest absolute Gasteiger partial charge is 0.465 e. The maximum Gasteiger partial charge on any atom is 0.416 e.